The van der Waals surface area contributed by atoms with Crippen LogP contribution in [0.4, 0.5) is 4.79 Å². The average Bonchev–Trinajstić information content (AvgIpc) is 2.83. The normalized spacial score (nSPS) is 22.1. The van der Waals surface area contributed by atoms with E-state index in [4.69, 9.17) is 44.4 Å². The molecular formula is C17H19Cl3N2O4. The van der Waals surface area contributed by atoms with Gasteiger partial charge in [0.1, 0.15) is 6.04 Å². The summed E-state index contributed by atoms with van der Waals surface area (Å²) < 4.78 is 5.39. The van der Waals surface area contributed by atoms with Crippen LogP contribution in [0.2, 0.25) is 15.1 Å². The molecule has 2 aliphatic heterocycles. The molecule has 0 aliphatic carbocycles. The quantitative estimate of drug-likeness (QED) is 0.384. The molecule has 2 aliphatic rings. The van der Waals surface area contributed by atoms with Crippen molar-refractivity contribution in [3.63, 3.8) is 0 Å². The van der Waals surface area contributed by atoms with E-state index < -0.39 is 12.0 Å². The number of amides is 2. The molecule has 2 amide bonds. The van der Waals surface area contributed by atoms with Crippen molar-refractivity contribution in [1.29, 1.82) is 0 Å². The number of ether oxygens (including phenoxy) is 1. The van der Waals surface area contributed by atoms with Crippen molar-refractivity contribution in [3.05, 3.63) is 27.2 Å². The Morgan fingerprint density at radius 3 is 2.58 bits per heavy atom. The Hall–Kier alpha value is -1.21. The van der Waals surface area contributed by atoms with Crippen molar-refractivity contribution in [2.75, 3.05) is 13.2 Å². The lowest BCUT2D eigenvalue weighted by atomic mass is 10.0. The van der Waals surface area contributed by atoms with E-state index in [0.717, 1.165) is 12.8 Å². The predicted molar refractivity (Wildman–Crippen MR) is 98.7 cm³/mol. The molecule has 0 radical (unpaired) electrons. The zero-order chi connectivity index (χ0) is 18.8. The number of piperidine rings is 1. The summed E-state index contributed by atoms with van der Waals surface area (Å²) in [6.07, 6.45) is 3.01. The highest BCUT2D eigenvalue weighted by atomic mass is 35.5. The van der Waals surface area contributed by atoms with Crippen LogP contribution in [0.15, 0.2) is 12.1 Å². The smallest absolute Gasteiger partial charge is 0.345 e. The number of urea groups is 1. The van der Waals surface area contributed by atoms with Gasteiger partial charge in [-0.15, -0.1) is 0 Å². The lowest BCUT2D eigenvalue weighted by molar-refractivity contribution is -0.140. The number of halogens is 3. The van der Waals surface area contributed by atoms with Crippen molar-refractivity contribution in [2.45, 2.75) is 44.7 Å². The Kier molecular flexibility index (Phi) is 6.17. The van der Waals surface area contributed by atoms with Gasteiger partial charge in [0, 0.05) is 11.6 Å². The first kappa shape index (κ1) is 19.5. The number of hydroxylamine groups is 2. The van der Waals surface area contributed by atoms with Crippen LogP contribution in [0.1, 0.15) is 32.6 Å². The van der Waals surface area contributed by atoms with E-state index in [-0.39, 0.29) is 27.9 Å². The number of nitrogens with zero attached hydrogens (tertiary/aromatic N) is 2. The van der Waals surface area contributed by atoms with E-state index in [2.05, 4.69) is 6.92 Å². The number of hydrogen-bond donors (Lipinski definition) is 0. The lowest BCUT2D eigenvalue weighted by Crippen LogP contribution is -2.46. The number of fused-ring (bicyclic) bond motifs is 2. The summed E-state index contributed by atoms with van der Waals surface area (Å²) >= 11 is 18.0. The van der Waals surface area contributed by atoms with E-state index in [1.54, 1.807) is 0 Å². The predicted octanol–water partition coefficient (Wildman–Crippen LogP) is 4.55. The van der Waals surface area contributed by atoms with Crippen molar-refractivity contribution >= 4 is 46.8 Å². The molecule has 1 aromatic rings. The molecule has 1 aromatic carbocycles. The highest BCUT2D eigenvalue weighted by molar-refractivity contribution is 6.40. The molecule has 3 rings (SSSR count). The van der Waals surface area contributed by atoms with Crippen LogP contribution in [0.5, 0.6) is 5.75 Å². The number of hydrogen-bond acceptors (Lipinski definition) is 4. The van der Waals surface area contributed by atoms with Crippen molar-refractivity contribution in [3.8, 4) is 5.75 Å². The van der Waals surface area contributed by atoms with Gasteiger partial charge in [0.25, 0.3) is 0 Å². The lowest BCUT2D eigenvalue weighted by Gasteiger charge is -2.28. The first-order chi connectivity index (χ1) is 12.4. The number of esters is 1. The molecule has 0 unspecified atom stereocenters. The van der Waals surface area contributed by atoms with Gasteiger partial charge in [0.15, 0.2) is 5.75 Å². The van der Waals surface area contributed by atoms with E-state index in [9.17, 15) is 9.59 Å². The van der Waals surface area contributed by atoms with Crippen LogP contribution in [-0.2, 0) is 9.63 Å². The highest BCUT2D eigenvalue weighted by Crippen LogP contribution is 2.37. The van der Waals surface area contributed by atoms with Crippen LogP contribution in [0.3, 0.4) is 0 Å². The fourth-order valence-corrected chi connectivity index (χ4v) is 4.04. The average molecular weight is 422 g/mol. The summed E-state index contributed by atoms with van der Waals surface area (Å²) in [7, 11) is 0. The molecule has 2 heterocycles. The van der Waals surface area contributed by atoms with Gasteiger partial charge >= 0.3 is 12.0 Å². The standard InChI is InChI=1S/C17H19Cl3N2O4/c1-2-3-6-25-22-11-4-5-14(21(9-11)17(22)24)16(23)26-15-12(19)7-10(18)8-13(15)20/h7-8,11,14H,2-6,9H2,1H3/t11-,14-/m0/s1. The molecular weight excluding hydrogens is 403 g/mol. The summed E-state index contributed by atoms with van der Waals surface area (Å²) in [4.78, 5) is 32.3. The Labute approximate surface area is 166 Å². The largest absolute Gasteiger partial charge is 0.422 e. The second kappa shape index (κ2) is 8.21. The number of rotatable bonds is 6. The van der Waals surface area contributed by atoms with Gasteiger partial charge in [-0.1, -0.05) is 48.1 Å². The van der Waals surface area contributed by atoms with Crippen LogP contribution in [0, 0.1) is 0 Å². The molecule has 26 heavy (non-hydrogen) atoms. The maximum atomic E-state index is 12.6. The minimum Gasteiger partial charge on any atom is -0.422 e. The molecule has 142 valence electrons. The second-order valence-corrected chi connectivity index (χ2v) is 7.56. The number of carbonyl (C=O) groups is 2. The van der Waals surface area contributed by atoms with Crippen molar-refractivity contribution in [1.82, 2.24) is 9.96 Å². The first-order valence-electron chi connectivity index (χ1n) is 8.51. The fraction of sp³-hybridized carbons (Fsp3) is 0.529. The summed E-state index contributed by atoms with van der Waals surface area (Å²) in [5.41, 5.74) is 0. The minimum atomic E-state index is -0.693. The molecule has 0 aromatic heterocycles. The third kappa shape index (κ3) is 3.88. The van der Waals surface area contributed by atoms with E-state index in [1.807, 2.05) is 0 Å². The van der Waals surface area contributed by atoms with Gasteiger partial charge in [-0.2, -0.15) is 5.06 Å². The van der Waals surface area contributed by atoms with Crippen molar-refractivity contribution in [2.24, 2.45) is 0 Å². The molecule has 2 saturated heterocycles. The van der Waals surface area contributed by atoms with Gasteiger partial charge in [-0.3, -0.25) is 4.84 Å². The van der Waals surface area contributed by atoms with Gasteiger partial charge in [0.2, 0.25) is 0 Å². The molecule has 0 N–H and O–H groups in total. The summed E-state index contributed by atoms with van der Waals surface area (Å²) in [6.45, 7) is 2.97. The second-order valence-electron chi connectivity index (χ2n) is 6.31. The van der Waals surface area contributed by atoms with E-state index in [0.29, 0.717) is 31.0 Å². The highest BCUT2D eigenvalue weighted by Gasteiger charge is 2.48. The van der Waals surface area contributed by atoms with Crippen molar-refractivity contribution < 1.29 is 19.2 Å². The Morgan fingerprint density at radius 1 is 1.23 bits per heavy atom. The third-order valence-corrected chi connectivity index (χ3v) is 5.27. The van der Waals surface area contributed by atoms with E-state index >= 15 is 0 Å². The van der Waals surface area contributed by atoms with Crippen LogP contribution >= 0.6 is 34.8 Å². The minimum absolute atomic E-state index is 0.0360. The summed E-state index contributed by atoms with van der Waals surface area (Å²) in [6, 6.07) is 1.85. The topological polar surface area (TPSA) is 59.1 Å². The maximum absolute atomic E-state index is 12.6. The first-order valence-corrected chi connectivity index (χ1v) is 9.64. The summed E-state index contributed by atoms with van der Waals surface area (Å²) in [5, 5.41) is 2.02. The molecule has 2 atom stereocenters. The Morgan fingerprint density at radius 2 is 1.92 bits per heavy atom. The molecule has 9 heteroatoms. The Balaban J connectivity index is 1.69. The molecule has 6 nitrogen and oxygen atoms in total. The van der Waals surface area contributed by atoms with Gasteiger partial charge in [0.05, 0.1) is 22.7 Å². The third-order valence-electron chi connectivity index (χ3n) is 4.49. The SMILES string of the molecule is CCCCON1C(=O)N2C[C@@H]1CC[C@H]2C(=O)Oc1c(Cl)cc(Cl)cc1Cl. The Bertz CT molecular complexity index is 692. The van der Waals surface area contributed by atoms with Crippen LogP contribution in [0.25, 0.3) is 0 Å². The van der Waals surface area contributed by atoms with Gasteiger partial charge in [-0.05, 0) is 31.4 Å². The molecule has 2 fully saturated rings. The molecule has 0 spiro atoms. The fourth-order valence-electron chi connectivity index (χ4n) is 3.15. The van der Waals surface area contributed by atoms with Gasteiger partial charge in [-0.25, -0.2) is 9.59 Å². The zero-order valence-electron chi connectivity index (χ0n) is 14.2. The molecule has 2 bridgehead atoms. The number of carbonyl (C=O) groups excluding carboxylic acids is 2. The molecule has 0 saturated carbocycles. The van der Waals surface area contributed by atoms with Gasteiger partial charge < -0.3 is 9.64 Å². The van der Waals surface area contributed by atoms with Crippen LogP contribution < -0.4 is 4.74 Å². The van der Waals surface area contributed by atoms with E-state index in [1.165, 1.54) is 22.1 Å². The maximum Gasteiger partial charge on any atom is 0.345 e. The van der Waals surface area contributed by atoms with Crippen LogP contribution in [-0.4, -0.2) is 47.2 Å². The number of benzene rings is 1. The number of unbranched alkanes of at least 4 members (excludes halogenated alkanes) is 1. The monoisotopic (exact) mass is 420 g/mol. The summed E-state index contributed by atoms with van der Waals surface area (Å²) in [5.74, 6) is -0.522. The zero-order valence-corrected chi connectivity index (χ0v) is 16.5.